The molecule has 7 nitrogen and oxygen atoms in total. The van der Waals surface area contributed by atoms with Gasteiger partial charge >= 0.3 is 0 Å². The third-order valence-electron chi connectivity index (χ3n) is 4.61. The minimum atomic E-state index is -0.134. The number of hydrogen-bond donors (Lipinski definition) is 0. The number of nitrogens with zero attached hydrogens (tertiary/aromatic N) is 5. The molecule has 1 aromatic carbocycles. The number of fused-ring (bicyclic) bond motifs is 1. The Bertz CT molecular complexity index is 938. The molecule has 0 atom stereocenters. The van der Waals surface area contributed by atoms with Gasteiger partial charge in [-0.15, -0.1) is 12.4 Å². The molecule has 0 saturated heterocycles. The van der Waals surface area contributed by atoms with Crippen molar-refractivity contribution in [1.82, 2.24) is 19.7 Å². The number of carbonyl (C=O) groups excluding carboxylic acids is 1. The van der Waals surface area contributed by atoms with Crippen LogP contribution in [-0.4, -0.2) is 58.4 Å². The van der Waals surface area contributed by atoms with Crippen molar-refractivity contribution in [3.63, 3.8) is 0 Å². The average Bonchev–Trinajstić information content (AvgIpc) is 3.32. The quantitative estimate of drug-likeness (QED) is 0.509. The lowest BCUT2D eigenvalue weighted by molar-refractivity contribution is 0.0978. The summed E-state index contributed by atoms with van der Waals surface area (Å²) in [6, 6.07) is 7.62. The Kier molecular flexibility index (Phi) is 8.43. The number of anilines is 1. The van der Waals surface area contributed by atoms with Gasteiger partial charge in [0.1, 0.15) is 11.3 Å². The normalized spacial score (nSPS) is 10.9. The van der Waals surface area contributed by atoms with Crippen molar-refractivity contribution in [2.75, 3.05) is 37.7 Å². The first kappa shape index (κ1) is 23.1. The summed E-state index contributed by atoms with van der Waals surface area (Å²) in [7, 11) is 1.81. The molecule has 0 aliphatic carbocycles. The topological polar surface area (TPSA) is 63.5 Å². The summed E-state index contributed by atoms with van der Waals surface area (Å²) in [5.41, 5.74) is 1.22. The second kappa shape index (κ2) is 10.6. The Morgan fingerprint density at radius 2 is 1.93 bits per heavy atom. The van der Waals surface area contributed by atoms with Gasteiger partial charge in [-0.05, 0) is 38.2 Å². The van der Waals surface area contributed by atoms with Crippen molar-refractivity contribution in [3.05, 3.63) is 36.2 Å². The molecule has 1 amide bonds. The molecule has 9 heteroatoms. The smallest absolute Gasteiger partial charge is 0.280 e. The number of benzene rings is 1. The number of likely N-dealkylation sites (N-methyl/N-ethyl adjacent to an activating group) is 1. The van der Waals surface area contributed by atoms with Crippen LogP contribution in [0.15, 0.2) is 30.5 Å². The molecule has 3 aromatic rings. The molecule has 158 valence electrons. The largest absolute Gasteiger partial charge is 0.492 e. The Labute approximate surface area is 181 Å². The molecule has 3 rings (SSSR count). The van der Waals surface area contributed by atoms with E-state index in [-0.39, 0.29) is 18.3 Å². The predicted octanol–water partition coefficient (Wildman–Crippen LogP) is 3.84. The Morgan fingerprint density at radius 3 is 2.55 bits per heavy atom. The van der Waals surface area contributed by atoms with E-state index in [0.717, 1.165) is 35.6 Å². The van der Waals surface area contributed by atoms with Crippen molar-refractivity contribution in [3.8, 4) is 5.75 Å². The zero-order chi connectivity index (χ0) is 20.1. The summed E-state index contributed by atoms with van der Waals surface area (Å²) in [5.74, 6) is 0.612. The Balaban J connectivity index is 0.00000300. The van der Waals surface area contributed by atoms with E-state index in [1.165, 1.54) is 11.3 Å². The van der Waals surface area contributed by atoms with E-state index < -0.39 is 0 Å². The molecular formula is C20H28ClN5O2S. The molecule has 0 radical (unpaired) electrons. The summed E-state index contributed by atoms with van der Waals surface area (Å²) in [6.07, 6.45) is 1.78. The first-order chi connectivity index (χ1) is 13.6. The van der Waals surface area contributed by atoms with Gasteiger partial charge in [0.2, 0.25) is 0 Å². The van der Waals surface area contributed by atoms with Crippen molar-refractivity contribution < 1.29 is 9.53 Å². The van der Waals surface area contributed by atoms with Gasteiger partial charge in [-0.2, -0.15) is 5.10 Å². The van der Waals surface area contributed by atoms with E-state index in [9.17, 15) is 4.79 Å². The number of para-hydroxylation sites is 1. The highest BCUT2D eigenvalue weighted by Crippen LogP contribution is 2.34. The minimum Gasteiger partial charge on any atom is -0.492 e. The fourth-order valence-corrected chi connectivity index (χ4v) is 4.04. The number of aromatic nitrogens is 3. The first-order valence-electron chi connectivity index (χ1n) is 9.63. The van der Waals surface area contributed by atoms with Crippen LogP contribution < -0.4 is 9.64 Å². The fourth-order valence-electron chi connectivity index (χ4n) is 3.03. The van der Waals surface area contributed by atoms with Crippen LogP contribution in [0, 0.1) is 0 Å². The van der Waals surface area contributed by atoms with Crippen LogP contribution in [0.4, 0.5) is 5.13 Å². The SMILES string of the molecule is CCOc1cccc2sc(N(CCN(CC)CC)C(=O)c3ccn(C)n3)nc12.Cl. The van der Waals surface area contributed by atoms with Gasteiger partial charge < -0.3 is 9.64 Å². The predicted molar refractivity (Wildman–Crippen MR) is 121 cm³/mol. The van der Waals surface area contributed by atoms with Gasteiger partial charge in [-0.1, -0.05) is 31.3 Å². The number of hydrogen-bond acceptors (Lipinski definition) is 6. The first-order valence-corrected chi connectivity index (χ1v) is 10.4. The van der Waals surface area contributed by atoms with Crippen LogP contribution >= 0.6 is 23.7 Å². The van der Waals surface area contributed by atoms with Crippen molar-refractivity contribution >= 4 is 45.0 Å². The summed E-state index contributed by atoms with van der Waals surface area (Å²) in [4.78, 5) is 22.0. The summed E-state index contributed by atoms with van der Waals surface area (Å²) < 4.78 is 8.35. The molecule has 0 saturated carbocycles. The number of aryl methyl sites for hydroxylation is 1. The molecule has 2 heterocycles. The maximum Gasteiger partial charge on any atom is 0.280 e. The molecule has 0 fully saturated rings. The molecule has 0 N–H and O–H groups in total. The number of carbonyl (C=O) groups is 1. The molecule has 0 spiro atoms. The van der Waals surface area contributed by atoms with E-state index in [2.05, 4.69) is 23.8 Å². The monoisotopic (exact) mass is 437 g/mol. The van der Waals surface area contributed by atoms with Gasteiger partial charge in [0.05, 0.1) is 11.3 Å². The highest BCUT2D eigenvalue weighted by atomic mass is 35.5. The van der Waals surface area contributed by atoms with Crippen LogP contribution in [0.3, 0.4) is 0 Å². The van der Waals surface area contributed by atoms with Gasteiger partial charge in [0.15, 0.2) is 10.8 Å². The maximum absolute atomic E-state index is 13.2. The van der Waals surface area contributed by atoms with Gasteiger partial charge in [-0.25, -0.2) is 4.98 Å². The molecular weight excluding hydrogens is 410 g/mol. The van der Waals surface area contributed by atoms with Gasteiger partial charge in [0, 0.05) is 26.3 Å². The standard InChI is InChI=1S/C20H27N5O2S.ClH/c1-5-24(6-2)13-14-25(19(26)15-11-12-23(4)22-15)20-21-18-16(27-7-3)9-8-10-17(18)28-20;/h8-12H,5-7,13-14H2,1-4H3;1H. The second-order valence-electron chi connectivity index (χ2n) is 6.39. The highest BCUT2D eigenvalue weighted by Gasteiger charge is 2.24. The molecule has 0 bridgehead atoms. The van der Waals surface area contributed by atoms with Gasteiger partial charge in [0.25, 0.3) is 5.91 Å². The van der Waals surface area contributed by atoms with Gasteiger partial charge in [-0.3, -0.25) is 14.4 Å². The highest BCUT2D eigenvalue weighted by molar-refractivity contribution is 7.22. The number of thiazole rings is 1. The van der Waals surface area contributed by atoms with E-state index >= 15 is 0 Å². The van der Waals surface area contributed by atoms with Crippen LogP contribution in [0.25, 0.3) is 10.2 Å². The average molecular weight is 438 g/mol. The molecule has 0 unspecified atom stereocenters. The molecule has 0 aliphatic heterocycles. The van der Waals surface area contributed by atoms with E-state index in [1.54, 1.807) is 21.8 Å². The Hall–Kier alpha value is -2.16. The third-order valence-corrected chi connectivity index (χ3v) is 5.66. The minimum absolute atomic E-state index is 0. The molecule has 29 heavy (non-hydrogen) atoms. The van der Waals surface area contributed by atoms with E-state index in [1.807, 2.05) is 32.2 Å². The Morgan fingerprint density at radius 1 is 1.17 bits per heavy atom. The van der Waals surface area contributed by atoms with E-state index in [4.69, 9.17) is 9.72 Å². The maximum atomic E-state index is 13.2. The lowest BCUT2D eigenvalue weighted by Crippen LogP contribution is -2.39. The lowest BCUT2D eigenvalue weighted by atomic mass is 10.3. The van der Waals surface area contributed by atoms with Crippen molar-refractivity contribution in [1.29, 1.82) is 0 Å². The van der Waals surface area contributed by atoms with Crippen LogP contribution in [0.1, 0.15) is 31.3 Å². The molecule has 0 aliphatic rings. The second-order valence-corrected chi connectivity index (χ2v) is 7.40. The van der Waals surface area contributed by atoms with Crippen LogP contribution in [0.2, 0.25) is 0 Å². The number of halogens is 1. The zero-order valence-electron chi connectivity index (χ0n) is 17.3. The van der Waals surface area contributed by atoms with Crippen molar-refractivity contribution in [2.24, 2.45) is 7.05 Å². The molecule has 2 aromatic heterocycles. The number of amides is 1. The lowest BCUT2D eigenvalue weighted by Gasteiger charge is -2.24. The summed E-state index contributed by atoms with van der Waals surface area (Å²) in [5, 5.41) is 4.96. The van der Waals surface area contributed by atoms with E-state index in [0.29, 0.717) is 24.0 Å². The summed E-state index contributed by atoms with van der Waals surface area (Å²) >= 11 is 1.50. The summed E-state index contributed by atoms with van der Waals surface area (Å²) in [6.45, 7) is 9.99. The zero-order valence-corrected chi connectivity index (χ0v) is 18.9. The van der Waals surface area contributed by atoms with Crippen LogP contribution in [0.5, 0.6) is 5.75 Å². The number of rotatable bonds is 9. The van der Waals surface area contributed by atoms with Crippen LogP contribution in [-0.2, 0) is 7.05 Å². The fraction of sp³-hybridized carbons (Fsp3) is 0.450. The van der Waals surface area contributed by atoms with Crippen molar-refractivity contribution in [2.45, 2.75) is 20.8 Å². The number of ether oxygens (including phenoxy) is 1. The third kappa shape index (κ3) is 5.26.